The van der Waals surface area contributed by atoms with E-state index in [1.54, 1.807) is 0 Å². The van der Waals surface area contributed by atoms with E-state index in [2.05, 4.69) is 16.4 Å². The summed E-state index contributed by atoms with van der Waals surface area (Å²) in [4.78, 5) is 0. The third kappa shape index (κ3) is 4.75. The van der Waals surface area contributed by atoms with E-state index in [-0.39, 0.29) is 12.8 Å². The molecule has 0 N–H and O–H groups in total. The molecule has 0 aromatic carbocycles. The predicted molar refractivity (Wildman–Crippen MR) is 72.9 cm³/mol. The molecular weight excluding hydrogens is 326 g/mol. The van der Waals surface area contributed by atoms with E-state index in [4.69, 9.17) is 0 Å². The van der Waals surface area contributed by atoms with Crippen LogP contribution in [-0.4, -0.2) is 30.3 Å². The quantitative estimate of drug-likeness (QED) is 0.410. The molecule has 0 bridgehead atoms. The van der Waals surface area contributed by atoms with Crippen LogP contribution >= 0.6 is 0 Å². The Kier molecular flexibility index (Phi) is 7.19. The number of rotatable bonds is 8. The van der Waals surface area contributed by atoms with Gasteiger partial charge in [0.1, 0.15) is 0 Å². The van der Waals surface area contributed by atoms with Gasteiger partial charge in [0, 0.05) is 0 Å². The van der Waals surface area contributed by atoms with Crippen LogP contribution in [0.4, 0.5) is 26.3 Å². The van der Waals surface area contributed by atoms with Crippen LogP contribution in [0.15, 0.2) is 0 Å². The minimum Gasteiger partial charge on any atom is -0.329 e. The predicted octanol–water partition coefficient (Wildman–Crippen LogP) is 5.75. The monoisotopic (exact) mass is 350 g/mol. The van der Waals surface area contributed by atoms with Crippen LogP contribution in [0.5, 0.6) is 0 Å². The normalized spacial score (nSPS) is 25.0. The summed E-state index contributed by atoms with van der Waals surface area (Å²) in [6.45, 7) is 3.55. The van der Waals surface area contributed by atoms with Gasteiger partial charge in [0.15, 0.2) is 0 Å². The maximum absolute atomic E-state index is 13.0. The number of hydrogen-bond donors (Lipinski definition) is 0. The molecule has 1 aliphatic rings. The molecule has 1 heterocycles. The largest absolute Gasteiger partial charge is 0.453 e. The Labute approximate surface area is 132 Å². The maximum Gasteiger partial charge on any atom is 0.453 e. The molecule has 8 heteroatoms. The highest BCUT2D eigenvalue weighted by Crippen LogP contribution is 2.52. The molecule has 2 nitrogen and oxygen atoms in total. The van der Waals surface area contributed by atoms with Crippen LogP contribution in [0.2, 0.25) is 0 Å². The Hall–Kier alpha value is -0.500. The molecule has 1 rings (SSSR count). The van der Waals surface area contributed by atoms with Gasteiger partial charge in [-0.25, -0.2) is 0 Å². The highest BCUT2D eigenvalue weighted by atomic mass is 19.4. The molecule has 1 fully saturated rings. The molecule has 138 valence electrons. The highest BCUT2D eigenvalue weighted by molar-refractivity contribution is 4.95. The summed E-state index contributed by atoms with van der Waals surface area (Å²) in [5.41, 5.74) is 0. The van der Waals surface area contributed by atoms with E-state index in [0.29, 0.717) is 6.42 Å². The minimum absolute atomic E-state index is 0.0361. The van der Waals surface area contributed by atoms with E-state index in [9.17, 15) is 26.3 Å². The lowest BCUT2D eigenvalue weighted by Crippen LogP contribution is -2.58. The smallest absolute Gasteiger partial charge is 0.329 e. The van der Waals surface area contributed by atoms with Crippen LogP contribution in [0, 0.1) is 0 Å². The average molecular weight is 350 g/mol. The molecule has 0 amide bonds. The Morgan fingerprint density at radius 1 is 0.739 bits per heavy atom. The Balaban J connectivity index is 2.68. The van der Waals surface area contributed by atoms with Gasteiger partial charge in [-0.15, -0.1) is 0 Å². The molecule has 1 aliphatic heterocycles. The summed E-state index contributed by atoms with van der Waals surface area (Å²) >= 11 is 0. The van der Waals surface area contributed by atoms with Gasteiger partial charge in [-0.1, -0.05) is 52.4 Å². The van der Waals surface area contributed by atoms with E-state index < -0.39 is 30.3 Å². The number of alkyl halides is 6. The van der Waals surface area contributed by atoms with Crippen LogP contribution in [0.3, 0.4) is 0 Å². The summed E-state index contributed by atoms with van der Waals surface area (Å²) in [6, 6.07) is 0. The van der Waals surface area contributed by atoms with Crippen molar-refractivity contribution in [1.29, 1.82) is 0 Å². The topological polar surface area (TPSA) is 18.5 Å². The number of unbranched alkanes of at least 4 members (excludes halogenated alkanes) is 5. The third-order valence-corrected chi connectivity index (χ3v) is 4.04. The fourth-order valence-corrected chi connectivity index (χ4v) is 2.75. The van der Waals surface area contributed by atoms with E-state index >= 15 is 0 Å². The fourth-order valence-electron chi connectivity index (χ4n) is 2.75. The molecule has 2 atom stereocenters. The third-order valence-electron chi connectivity index (χ3n) is 4.04. The Morgan fingerprint density at radius 3 is 1.70 bits per heavy atom. The van der Waals surface area contributed by atoms with Crippen molar-refractivity contribution in [2.45, 2.75) is 95.6 Å². The first-order chi connectivity index (χ1) is 10.6. The van der Waals surface area contributed by atoms with Crippen LogP contribution in [-0.2, 0) is 9.47 Å². The number of halogens is 6. The highest BCUT2D eigenvalue weighted by Gasteiger charge is 2.78. The SMILES string of the molecule is CCCCCCCC[C@H]1OC(C(F)(F)F)(C(F)(F)F)O[C@H]1CC. The molecule has 0 saturated carbocycles. The molecule has 23 heavy (non-hydrogen) atoms. The molecule has 0 aliphatic carbocycles. The summed E-state index contributed by atoms with van der Waals surface area (Å²) < 4.78 is 86.5. The van der Waals surface area contributed by atoms with Gasteiger partial charge in [-0.3, -0.25) is 0 Å². The van der Waals surface area contributed by atoms with Crippen molar-refractivity contribution in [1.82, 2.24) is 0 Å². The summed E-state index contributed by atoms with van der Waals surface area (Å²) in [5.74, 6) is -4.49. The van der Waals surface area contributed by atoms with Gasteiger partial charge < -0.3 is 9.47 Å². The van der Waals surface area contributed by atoms with Gasteiger partial charge in [0.25, 0.3) is 0 Å². The second-order valence-corrected chi connectivity index (χ2v) is 5.89. The summed E-state index contributed by atoms with van der Waals surface area (Å²) in [5, 5.41) is 0. The zero-order valence-corrected chi connectivity index (χ0v) is 13.4. The first-order valence-corrected chi connectivity index (χ1v) is 8.08. The lowest BCUT2D eigenvalue weighted by molar-refractivity contribution is -0.446. The summed E-state index contributed by atoms with van der Waals surface area (Å²) in [6.07, 6.45) is -8.16. The first-order valence-electron chi connectivity index (χ1n) is 8.08. The van der Waals surface area contributed by atoms with Gasteiger partial charge in [0.2, 0.25) is 0 Å². The van der Waals surface area contributed by atoms with Crippen molar-refractivity contribution < 1.29 is 35.8 Å². The van der Waals surface area contributed by atoms with Gasteiger partial charge in [-0.05, 0) is 12.8 Å². The summed E-state index contributed by atoms with van der Waals surface area (Å²) in [7, 11) is 0. The van der Waals surface area contributed by atoms with Crippen molar-refractivity contribution in [3.8, 4) is 0 Å². The van der Waals surface area contributed by atoms with Crippen LogP contribution in [0.25, 0.3) is 0 Å². The van der Waals surface area contributed by atoms with Gasteiger partial charge in [0.05, 0.1) is 12.2 Å². The molecule has 0 unspecified atom stereocenters. The lowest BCUT2D eigenvalue weighted by atomic mass is 10.0. The number of ether oxygens (including phenoxy) is 2. The molecule has 0 radical (unpaired) electrons. The molecule has 0 aromatic heterocycles. The van der Waals surface area contributed by atoms with Crippen molar-refractivity contribution in [2.75, 3.05) is 0 Å². The van der Waals surface area contributed by atoms with Crippen LogP contribution < -0.4 is 0 Å². The Morgan fingerprint density at radius 2 is 1.22 bits per heavy atom. The second-order valence-electron chi connectivity index (χ2n) is 5.89. The minimum atomic E-state index is -5.66. The molecule has 0 aromatic rings. The van der Waals surface area contributed by atoms with Crippen molar-refractivity contribution in [2.24, 2.45) is 0 Å². The average Bonchev–Trinajstić information content (AvgIpc) is 2.82. The van der Waals surface area contributed by atoms with Crippen LogP contribution in [0.1, 0.15) is 65.2 Å². The van der Waals surface area contributed by atoms with Gasteiger partial charge in [-0.2, -0.15) is 26.3 Å². The molecular formula is C15H24F6O2. The molecule has 0 spiro atoms. The zero-order valence-electron chi connectivity index (χ0n) is 13.4. The maximum atomic E-state index is 13.0. The van der Waals surface area contributed by atoms with Crippen molar-refractivity contribution in [3.63, 3.8) is 0 Å². The Bertz CT molecular complexity index is 339. The lowest BCUT2D eigenvalue weighted by Gasteiger charge is -2.31. The van der Waals surface area contributed by atoms with E-state index in [0.717, 1.165) is 32.1 Å². The standard InChI is InChI=1S/C15H24F6O2/c1-3-5-6-7-8-9-10-12-11(4-2)22-13(23-12,14(16,17)18)15(19,20)21/h11-12H,3-10H2,1-2H3/t11-,12+/m0/s1. The van der Waals surface area contributed by atoms with E-state index in [1.165, 1.54) is 6.92 Å². The van der Waals surface area contributed by atoms with Crippen molar-refractivity contribution >= 4 is 0 Å². The fraction of sp³-hybridized carbons (Fsp3) is 1.00. The van der Waals surface area contributed by atoms with E-state index in [1.807, 2.05) is 0 Å². The number of hydrogen-bond acceptors (Lipinski definition) is 2. The first kappa shape index (κ1) is 20.5. The van der Waals surface area contributed by atoms with Gasteiger partial charge >= 0.3 is 18.1 Å². The zero-order chi connectivity index (χ0) is 17.7. The second kappa shape index (κ2) is 8.05. The molecule has 1 saturated heterocycles. The van der Waals surface area contributed by atoms with Crippen molar-refractivity contribution in [3.05, 3.63) is 0 Å².